The van der Waals surface area contributed by atoms with Gasteiger partial charge in [0, 0.05) is 32.7 Å². The number of hydrogen-bond donors (Lipinski definition) is 2. The van der Waals surface area contributed by atoms with Crippen LogP contribution in [-0.4, -0.2) is 110 Å². The van der Waals surface area contributed by atoms with Crippen LogP contribution in [0.15, 0.2) is 0 Å². The van der Waals surface area contributed by atoms with Crippen LogP contribution < -0.4 is 5.32 Å². The maximum atomic E-state index is 11.7. The lowest BCUT2D eigenvalue weighted by Gasteiger charge is -2.24. The van der Waals surface area contributed by atoms with Crippen LogP contribution in [0.4, 0.5) is 9.59 Å². The second-order valence-electron chi connectivity index (χ2n) is 11.9. The molecule has 42 heavy (non-hydrogen) atoms. The van der Waals surface area contributed by atoms with Crippen molar-refractivity contribution >= 4 is 54.9 Å². The van der Waals surface area contributed by atoms with Crippen molar-refractivity contribution in [3.05, 3.63) is 0 Å². The van der Waals surface area contributed by atoms with Crippen molar-refractivity contribution in [3.8, 4) is 0 Å². The molecule has 0 saturated carbocycles. The molecule has 0 spiro atoms. The number of aliphatic carboxylic acids is 1. The number of esters is 2. The van der Waals surface area contributed by atoms with Crippen LogP contribution in [0.5, 0.6) is 0 Å². The molecule has 2 amide bonds. The summed E-state index contributed by atoms with van der Waals surface area (Å²) in [4.78, 5) is 58.9. The predicted octanol–water partition coefficient (Wildman–Crippen LogP) is 3.36. The average Bonchev–Trinajstić information content (AvgIpc) is 3.62. The van der Waals surface area contributed by atoms with E-state index in [1.807, 2.05) is 20.8 Å². The molecule has 246 valence electrons. The third kappa shape index (κ3) is 15.6. The van der Waals surface area contributed by atoms with Crippen LogP contribution in [-0.2, 0) is 33.3 Å². The van der Waals surface area contributed by atoms with Gasteiger partial charge in [-0.05, 0) is 67.3 Å². The predicted molar refractivity (Wildman–Crippen MR) is 159 cm³/mol. The summed E-state index contributed by atoms with van der Waals surface area (Å²) in [5.74, 6) is -1.74. The smallest absolute Gasteiger partial charge is 0.410 e. The number of ether oxygens (including phenoxy) is 4. The fourth-order valence-corrected chi connectivity index (χ4v) is 4.09. The number of methoxy groups -OCH3 is 2. The van der Waals surface area contributed by atoms with Gasteiger partial charge in [-0.1, -0.05) is 0 Å². The van der Waals surface area contributed by atoms with Gasteiger partial charge in [0.05, 0.1) is 32.0 Å². The van der Waals surface area contributed by atoms with Crippen LogP contribution in [0.2, 0.25) is 0 Å². The monoisotopic (exact) mass is 645 g/mol. The van der Waals surface area contributed by atoms with Gasteiger partial charge in [0.2, 0.25) is 0 Å². The van der Waals surface area contributed by atoms with Gasteiger partial charge in [-0.3, -0.25) is 14.4 Å². The molecular formula is C27H49Cl2N3O10. The first-order valence-corrected chi connectivity index (χ1v) is 13.5. The van der Waals surface area contributed by atoms with E-state index in [1.165, 1.54) is 19.1 Å². The topological polar surface area (TPSA) is 161 Å². The summed E-state index contributed by atoms with van der Waals surface area (Å²) in [7, 11) is 2.79. The Balaban J connectivity index is 0. The quantitative estimate of drug-likeness (QED) is 0.342. The maximum absolute atomic E-state index is 11.7. The van der Waals surface area contributed by atoms with Crippen molar-refractivity contribution < 1.29 is 48.0 Å². The third-order valence-electron chi connectivity index (χ3n) is 6.16. The van der Waals surface area contributed by atoms with Gasteiger partial charge in [0.25, 0.3) is 0 Å². The number of amides is 2. The molecule has 3 heterocycles. The van der Waals surface area contributed by atoms with E-state index in [4.69, 9.17) is 14.6 Å². The second-order valence-corrected chi connectivity index (χ2v) is 11.9. The van der Waals surface area contributed by atoms with Gasteiger partial charge in [0.15, 0.2) is 0 Å². The number of likely N-dealkylation sites (tertiary alicyclic amines) is 2. The normalized spacial score (nSPS) is 21.2. The highest BCUT2D eigenvalue weighted by Gasteiger charge is 2.34. The zero-order chi connectivity index (χ0) is 30.7. The van der Waals surface area contributed by atoms with E-state index in [-0.39, 0.29) is 61.2 Å². The lowest BCUT2D eigenvalue weighted by Crippen LogP contribution is -2.36. The molecule has 3 aliphatic heterocycles. The minimum Gasteiger partial charge on any atom is -0.481 e. The summed E-state index contributed by atoms with van der Waals surface area (Å²) >= 11 is 0. The Bertz CT molecular complexity index is 886. The highest BCUT2D eigenvalue weighted by atomic mass is 35.5. The molecule has 0 radical (unpaired) electrons. The van der Waals surface area contributed by atoms with Crippen molar-refractivity contribution in [1.82, 2.24) is 15.1 Å². The van der Waals surface area contributed by atoms with Crippen molar-refractivity contribution in [2.24, 2.45) is 17.8 Å². The fourth-order valence-electron chi connectivity index (χ4n) is 4.09. The van der Waals surface area contributed by atoms with E-state index in [9.17, 15) is 24.0 Å². The summed E-state index contributed by atoms with van der Waals surface area (Å²) in [5.41, 5.74) is -1.03. The Morgan fingerprint density at radius 2 is 1.10 bits per heavy atom. The van der Waals surface area contributed by atoms with Crippen molar-refractivity contribution in [3.63, 3.8) is 0 Å². The van der Waals surface area contributed by atoms with Crippen LogP contribution in [0.1, 0.15) is 60.8 Å². The number of hydrogen-bond acceptors (Lipinski definition) is 10. The van der Waals surface area contributed by atoms with Crippen LogP contribution in [0.3, 0.4) is 0 Å². The maximum Gasteiger partial charge on any atom is 0.410 e. The fraction of sp³-hybridized carbons (Fsp3) is 0.815. The number of carboxylic acids is 1. The van der Waals surface area contributed by atoms with E-state index in [0.29, 0.717) is 32.5 Å². The molecule has 3 fully saturated rings. The average molecular weight is 647 g/mol. The summed E-state index contributed by atoms with van der Waals surface area (Å²) in [5, 5.41) is 11.9. The number of carbonyl (C=O) groups is 5. The Morgan fingerprint density at radius 1 is 0.690 bits per heavy atom. The van der Waals surface area contributed by atoms with Crippen molar-refractivity contribution in [2.45, 2.75) is 72.0 Å². The second kappa shape index (κ2) is 18.9. The first-order chi connectivity index (χ1) is 18.5. The molecular weight excluding hydrogens is 597 g/mol. The van der Waals surface area contributed by atoms with Gasteiger partial charge >= 0.3 is 30.1 Å². The van der Waals surface area contributed by atoms with Gasteiger partial charge < -0.3 is 39.2 Å². The molecule has 3 saturated heterocycles. The molecule has 3 aliphatic rings. The first kappa shape index (κ1) is 41.6. The van der Waals surface area contributed by atoms with Gasteiger partial charge in [-0.25, -0.2) is 9.59 Å². The molecule has 13 nitrogen and oxygen atoms in total. The number of carboxylic acid groups (broad SMARTS) is 1. The zero-order valence-electron chi connectivity index (χ0n) is 25.9. The largest absolute Gasteiger partial charge is 0.481 e. The number of nitrogens with zero attached hydrogens (tertiary/aromatic N) is 2. The molecule has 0 aromatic rings. The number of carbonyl (C=O) groups excluding carboxylic acids is 4. The van der Waals surface area contributed by atoms with E-state index >= 15 is 0 Å². The van der Waals surface area contributed by atoms with Gasteiger partial charge in [-0.15, -0.1) is 24.8 Å². The lowest BCUT2D eigenvalue weighted by atomic mass is 10.1. The highest BCUT2D eigenvalue weighted by Crippen LogP contribution is 2.21. The Hall–Kier alpha value is -2.51. The highest BCUT2D eigenvalue weighted by molar-refractivity contribution is 5.85. The molecule has 2 N–H and O–H groups in total. The van der Waals surface area contributed by atoms with Crippen LogP contribution >= 0.6 is 24.8 Å². The van der Waals surface area contributed by atoms with E-state index in [0.717, 1.165) is 19.5 Å². The Kier molecular flexibility index (Phi) is 18.7. The molecule has 0 aromatic heterocycles. The standard InChI is InChI=1S/C11H19NO4.C10H17NO4.C6H11NO2.2ClH/c1-11(2,3)16-10(14)12-6-5-8(7-12)9(13)15-4;1-10(2,3)15-9(14)11-5-4-7(6-11)8(12)13;1-9-6(8)5-2-3-7-4-5;;/h8H,5-7H2,1-4H3;7H,4-6H2,1-3H3,(H,12,13);5,7H,2-4H2,1H3;2*1H/t8-;7-;5-;;/m111../s1. The number of nitrogens with one attached hydrogen (secondary N) is 1. The van der Waals surface area contributed by atoms with Gasteiger partial charge in [-0.2, -0.15) is 0 Å². The summed E-state index contributed by atoms with van der Waals surface area (Å²) in [6.07, 6.45) is 1.29. The molecule has 0 bridgehead atoms. The molecule has 3 atom stereocenters. The van der Waals surface area contributed by atoms with E-state index < -0.39 is 29.2 Å². The SMILES string of the molecule is CC(C)(C)OC(=O)N1CC[C@@H](C(=O)O)C1.COC(=O)[C@@H]1CCN(C(=O)OC(C)(C)C)C1.COC(=O)[C@@H]1CCNC1.Cl.Cl. The Morgan fingerprint density at radius 3 is 1.43 bits per heavy atom. The van der Waals surface area contributed by atoms with E-state index in [2.05, 4.69) is 14.8 Å². The molecule has 15 heteroatoms. The van der Waals surface area contributed by atoms with Crippen molar-refractivity contribution in [1.29, 1.82) is 0 Å². The molecule has 3 rings (SSSR count). The molecule has 0 aliphatic carbocycles. The Labute approximate surface area is 261 Å². The molecule has 0 unspecified atom stereocenters. The summed E-state index contributed by atoms with van der Waals surface area (Å²) in [6.45, 7) is 14.2. The first-order valence-electron chi connectivity index (χ1n) is 13.5. The minimum absolute atomic E-state index is 0. The molecule has 0 aromatic carbocycles. The van der Waals surface area contributed by atoms with Crippen LogP contribution in [0, 0.1) is 17.8 Å². The van der Waals surface area contributed by atoms with E-state index in [1.54, 1.807) is 25.7 Å². The summed E-state index contributed by atoms with van der Waals surface area (Å²) in [6, 6.07) is 0. The van der Waals surface area contributed by atoms with Crippen LogP contribution in [0.25, 0.3) is 0 Å². The minimum atomic E-state index is -0.846. The lowest BCUT2D eigenvalue weighted by molar-refractivity contribution is -0.145. The van der Waals surface area contributed by atoms with Crippen molar-refractivity contribution in [2.75, 3.05) is 53.5 Å². The van der Waals surface area contributed by atoms with Gasteiger partial charge in [0.1, 0.15) is 11.2 Å². The number of rotatable bonds is 3. The number of halogens is 2. The third-order valence-corrected chi connectivity index (χ3v) is 6.16. The summed E-state index contributed by atoms with van der Waals surface area (Å²) < 4.78 is 19.6. The zero-order valence-corrected chi connectivity index (χ0v) is 27.6.